The Morgan fingerprint density at radius 2 is 2.31 bits per heavy atom. The lowest BCUT2D eigenvalue weighted by atomic mass is 10.2. The summed E-state index contributed by atoms with van der Waals surface area (Å²) in [7, 11) is 1.57. The normalized spacial score (nSPS) is 12.2. The predicted molar refractivity (Wildman–Crippen MR) is 69.6 cm³/mol. The van der Waals surface area contributed by atoms with Gasteiger partial charge in [-0.2, -0.15) is 0 Å². The van der Waals surface area contributed by atoms with Crippen molar-refractivity contribution < 1.29 is 14.6 Å². The molecule has 0 aliphatic carbocycles. The highest BCUT2D eigenvalue weighted by molar-refractivity contribution is 14.1. The first-order chi connectivity index (χ1) is 7.54. The first-order valence-corrected chi connectivity index (χ1v) is 5.90. The molecule has 0 fully saturated rings. The maximum Gasteiger partial charge on any atom is 0.255 e. The van der Waals surface area contributed by atoms with Crippen molar-refractivity contribution in [2.45, 2.75) is 13.0 Å². The third-order valence-corrected chi connectivity index (χ3v) is 2.67. The molecule has 88 valence electrons. The molecule has 1 unspecified atom stereocenters. The van der Waals surface area contributed by atoms with Crippen molar-refractivity contribution in [2.75, 3.05) is 13.7 Å². The second kappa shape index (κ2) is 6.05. The van der Waals surface area contributed by atoms with Crippen molar-refractivity contribution in [3.63, 3.8) is 0 Å². The predicted octanol–water partition coefficient (Wildman–Crippen LogP) is 1.76. The third-order valence-electron chi connectivity index (χ3n) is 2.00. The van der Waals surface area contributed by atoms with Crippen molar-refractivity contribution in [3.8, 4) is 5.75 Å². The summed E-state index contributed by atoms with van der Waals surface area (Å²) in [6.45, 7) is 2.28. The Morgan fingerprint density at radius 3 is 2.94 bits per heavy atom. The summed E-state index contributed by atoms with van der Waals surface area (Å²) in [4.78, 5) is 11.8. The Kier molecular flexibility index (Phi) is 5.01. The van der Waals surface area contributed by atoms with Crippen LogP contribution in [-0.2, 0) is 4.74 Å². The number of carbonyl (C=O) groups excluding carboxylic acids is 1. The smallest absolute Gasteiger partial charge is 0.255 e. The van der Waals surface area contributed by atoms with Gasteiger partial charge in [-0.25, -0.2) is 0 Å². The number of phenols is 1. The van der Waals surface area contributed by atoms with Crippen LogP contribution >= 0.6 is 22.6 Å². The Bertz CT molecular complexity index is 381. The van der Waals surface area contributed by atoms with Crippen LogP contribution in [0.3, 0.4) is 0 Å². The van der Waals surface area contributed by atoms with Gasteiger partial charge in [0.05, 0.1) is 12.2 Å². The molecule has 1 amide bonds. The summed E-state index contributed by atoms with van der Waals surface area (Å²) < 4.78 is 5.82. The van der Waals surface area contributed by atoms with Crippen LogP contribution in [0.1, 0.15) is 17.3 Å². The molecule has 1 rings (SSSR count). The standard InChI is InChI=1S/C11H14INO3/c1-7(6-16-2)13-11(15)9-5-8(12)3-4-10(9)14/h3-5,7,14H,6H2,1-2H3,(H,13,15). The number of aromatic hydroxyl groups is 1. The molecule has 0 spiro atoms. The minimum atomic E-state index is -0.291. The fourth-order valence-electron chi connectivity index (χ4n) is 1.28. The number of halogens is 1. The molecule has 0 saturated heterocycles. The van der Waals surface area contributed by atoms with Gasteiger partial charge in [0.25, 0.3) is 5.91 Å². The van der Waals surface area contributed by atoms with E-state index >= 15 is 0 Å². The number of amides is 1. The highest BCUT2D eigenvalue weighted by Gasteiger charge is 2.13. The average molecular weight is 335 g/mol. The van der Waals surface area contributed by atoms with Gasteiger partial charge >= 0.3 is 0 Å². The average Bonchev–Trinajstić information content (AvgIpc) is 2.21. The first kappa shape index (κ1) is 13.2. The summed E-state index contributed by atoms with van der Waals surface area (Å²) in [6, 6.07) is 4.81. The molecule has 4 nitrogen and oxygen atoms in total. The van der Waals surface area contributed by atoms with E-state index in [0.717, 1.165) is 3.57 Å². The van der Waals surface area contributed by atoms with Gasteiger partial charge in [-0.05, 0) is 47.7 Å². The molecule has 5 heteroatoms. The van der Waals surface area contributed by atoms with Crippen molar-refractivity contribution in [1.82, 2.24) is 5.32 Å². The third kappa shape index (κ3) is 3.64. The first-order valence-electron chi connectivity index (χ1n) is 4.83. The molecule has 1 aromatic carbocycles. The zero-order valence-electron chi connectivity index (χ0n) is 9.16. The molecule has 0 aliphatic heterocycles. The van der Waals surface area contributed by atoms with E-state index in [2.05, 4.69) is 27.9 Å². The van der Waals surface area contributed by atoms with Crippen LogP contribution in [-0.4, -0.2) is 30.8 Å². The minimum absolute atomic E-state index is 0.0115. The molecule has 0 aromatic heterocycles. The number of rotatable bonds is 4. The molecular formula is C11H14INO3. The van der Waals surface area contributed by atoms with E-state index in [9.17, 15) is 9.90 Å². The number of methoxy groups -OCH3 is 1. The zero-order valence-corrected chi connectivity index (χ0v) is 11.3. The Balaban J connectivity index is 2.76. The zero-order chi connectivity index (χ0) is 12.1. The van der Waals surface area contributed by atoms with Crippen molar-refractivity contribution in [1.29, 1.82) is 0 Å². The molecule has 0 saturated carbocycles. The van der Waals surface area contributed by atoms with Crippen LogP contribution in [0, 0.1) is 3.57 Å². The minimum Gasteiger partial charge on any atom is -0.507 e. The van der Waals surface area contributed by atoms with Gasteiger partial charge in [0.1, 0.15) is 5.75 Å². The van der Waals surface area contributed by atoms with Crippen LogP contribution in [0.15, 0.2) is 18.2 Å². The molecule has 2 N–H and O–H groups in total. The lowest BCUT2D eigenvalue weighted by Crippen LogP contribution is -2.35. The Labute approximate surface area is 108 Å². The number of ether oxygens (including phenoxy) is 1. The van der Waals surface area contributed by atoms with E-state index in [-0.39, 0.29) is 23.3 Å². The van der Waals surface area contributed by atoms with E-state index < -0.39 is 0 Å². The topological polar surface area (TPSA) is 58.6 Å². The molecule has 0 radical (unpaired) electrons. The Hall–Kier alpha value is -0.820. The number of hydrogen-bond donors (Lipinski definition) is 2. The van der Waals surface area contributed by atoms with Crippen LogP contribution < -0.4 is 5.32 Å². The van der Waals surface area contributed by atoms with Crippen molar-refractivity contribution >= 4 is 28.5 Å². The van der Waals surface area contributed by atoms with Crippen LogP contribution in [0.2, 0.25) is 0 Å². The monoisotopic (exact) mass is 335 g/mol. The fraction of sp³-hybridized carbons (Fsp3) is 0.364. The number of carbonyl (C=O) groups is 1. The van der Waals surface area contributed by atoms with Gasteiger partial charge in [-0.15, -0.1) is 0 Å². The second-order valence-corrected chi connectivity index (χ2v) is 4.74. The summed E-state index contributed by atoms with van der Waals surface area (Å²) in [5, 5.41) is 12.3. The summed E-state index contributed by atoms with van der Waals surface area (Å²) in [6.07, 6.45) is 0. The van der Waals surface area contributed by atoms with Gasteiger partial charge in [0, 0.05) is 16.7 Å². The fourth-order valence-corrected chi connectivity index (χ4v) is 1.77. The Morgan fingerprint density at radius 1 is 1.62 bits per heavy atom. The number of nitrogens with one attached hydrogen (secondary N) is 1. The van der Waals surface area contributed by atoms with E-state index in [1.807, 2.05) is 6.92 Å². The van der Waals surface area contributed by atoms with E-state index in [1.54, 1.807) is 19.2 Å². The van der Waals surface area contributed by atoms with Crippen molar-refractivity contribution in [3.05, 3.63) is 27.3 Å². The van der Waals surface area contributed by atoms with Crippen LogP contribution in [0.5, 0.6) is 5.75 Å². The molecule has 0 aliphatic rings. The van der Waals surface area contributed by atoms with Gasteiger partial charge < -0.3 is 15.2 Å². The van der Waals surface area contributed by atoms with Gasteiger partial charge in [-0.3, -0.25) is 4.79 Å². The number of benzene rings is 1. The van der Waals surface area contributed by atoms with Gasteiger partial charge in [-0.1, -0.05) is 0 Å². The highest BCUT2D eigenvalue weighted by atomic mass is 127. The second-order valence-electron chi connectivity index (χ2n) is 3.49. The maximum atomic E-state index is 11.8. The number of hydrogen-bond acceptors (Lipinski definition) is 3. The van der Waals surface area contributed by atoms with E-state index in [4.69, 9.17) is 4.74 Å². The SMILES string of the molecule is COCC(C)NC(=O)c1cc(I)ccc1O. The molecule has 1 atom stereocenters. The molecule has 1 aromatic rings. The lowest BCUT2D eigenvalue weighted by Gasteiger charge is -2.13. The van der Waals surface area contributed by atoms with Crippen LogP contribution in [0.4, 0.5) is 0 Å². The molecule has 0 heterocycles. The maximum absolute atomic E-state index is 11.8. The van der Waals surface area contributed by atoms with Crippen LogP contribution in [0.25, 0.3) is 0 Å². The van der Waals surface area contributed by atoms with Gasteiger partial charge in [0.2, 0.25) is 0 Å². The molecule has 0 bridgehead atoms. The summed E-state index contributed by atoms with van der Waals surface area (Å²) in [5.74, 6) is -0.303. The van der Waals surface area contributed by atoms with Gasteiger partial charge in [0.15, 0.2) is 0 Å². The van der Waals surface area contributed by atoms with E-state index in [1.165, 1.54) is 6.07 Å². The summed E-state index contributed by atoms with van der Waals surface area (Å²) in [5.41, 5.74) is 0.287. The van der Waals surface area contributed by atoms with E-state index in [0.29, 0.717) is 6.61 Å². The number of phenolic OH excluding ortho intramolecular Hbond substituents is 1. The largest absolute Gasteiger partial charge is 0.507 e. The van der Waals surface area contributed by atoms with Crippen molar-refractivity contribution in [2.24, 2.45) is 0 Å². The summed E-state index contributed by atoms with van der Waals surface area (Å²) >= 11 is 2.09. The molecular weight excluding hydrogens is 321 g/mol. The lowest BCUT2D eigenvalue weighted by molar-refractivity contribution is 0.0903. The highest BCUT2D eigenvalue weighted by Crippen LogP contribution is 2.19. The quantitative estimate of drug-likeness (QED) is 0.825. The molecule has 16 heavy (non-hydrogen) atoms.